The molecule has 8 heteroatoms. The highest BCUT2D eigenvalue weighted by atomic mass is 32.2. The molecule has 0 aliphatic heterocycles. The molecule has 1 aromatic heterocycles. The first-order chi connectivity index (χ1) is 14.3. The number of carboxylic acids is 1. The van der Waals surface area contributed by atoms with Crippen LogP contribution in [0.25, 0.3) is 11.1 Å². The lowest BCUT2D eigenvalue weighted by Gasteiger charge is -2.23. The number of hydrogen-bond acceptors (Lipinski definition) is 6. The molecule has 30 heavy (non-hydrogen) atoms. The molecule has 0 spiro atoms. The van der Waals surface area contributed by atoms with Crippen LogP contribution in [0.1, 0.15) is 26.7 Å². The van der Waals surface area contributed by atoms with Gasteiger partial charge in [-0.15, -0.1) is 6.58 Å². The molecule has 0 bridgehead atoms. The molecule has 7 nitrogen and oxygen atoms in total. The van der Waals surface area contributed by atoms with Crippen LogP contribution in [0.2, 0.25) is 0 Å². The summed E-state index contributed by atoms with van der Waals surface area (Å²) in [5.74, 6) is -2.03. The third-order valence-electron chi connectivity index (χ3n) is 4.65. The van der Waals surface area contributed by atoms with Gasteiger partial charge in [0.05, 0.1) is 25.4 Å². The monoisotopic (exact) mass is 428 g/mol. The summed E-state index contributed by atoms with van der Waals surface area (Å²) in [6.45, 7) is 3.48. The summed E-state index contributed by atoms with van der Waals surface area (Å²) in [6, 6.07) is 10.6. The Morgan fingerprint density at radius 2 is 1.93 bits per heavy atom. The molecule has 156 valence electrons. The lowest BCUT2D eigenvalue weighted by molar-refractivity contribution is 0.0692. The van der Waals surface area contributed by atoms with Crippen molar-refractivity contribution in [3.8, 4) is 22.6 Å². The van der Waals surface area contributed by atoms with Crippen LogP contribution in [-0.4, -0.2) is 37.5 Å². The van der Waals surface area contributed by atoms with E-state index in [1.807, 2.05) is 0 Å². The van der Waals surface area contributed by atoms with Gasteiger partial charge < -0.3 is 19.4 Å². The lowest BCUT2D eigenvalue weighted by Crippen LogP contribution is -2.21. The molecule has 1 unspecified atom stereocenters. The van der Waals surface area contributed by atoms with Gasteiger partial charge in [-0.2, -0.15) is 0 Å². The number of aromatic hydroxyl groups is 1. The summed E-state index contributed by atoms with van der Waals surface area (Å²) in [4.78, 5) is 12.2. The van der Waals surface area contributed by atoms with E-state index in [-0.39, 0.29) is 28.2 Å². The SMILES string of the molecule is C=CCS(=O)(=O)C(c1ccccc1O)c1ccc(-c2ccoc2)c(OC)c1C(=O)O. The van der Waals surface area contributed by atoms with Crippen LogP contribution in [0.5, 0.6) is 11.5 Å². The standard InChI is InChI=1S/C22H20O7S/c1-3-12-30(26,27)21(16-6-4-5-7-18(16)23)17-9-8-15(14-10-11-29-13-14)20(28-2)19(17)22(24)25/h3-11,13,21,23H,1,12H2,2H3,(H,24,25). The van der Waals surface area contributed by atoms with Crippen molar-refractivity contribution in [3.63, 3.8) is 0 Å². The van der Waals surface area contributed by atoms with Gasteiger partial charge in [0.25, 0.3) is 0 Å². The molecule has 3 rings (SSSR count). The number of furan rings is 1. The maximum atomic E-state index is 13.1. The molecule has 3 aromatic rings. The number of ether oxygens (including phenoxy) is 1. The largest absolute Gasteiger partial charge is 0.508 e. The molecule has 0 radical (unpaired) electrons. The molecule has 1 atom stereocenters. The minimum absolute atomic E-state index is 0.00405. The summed E-state index contributed by atoms with van der Waals surface area (Å²) in [7, 11) is -2.66. The molecule has 0 amide bonds. The predicted molar refractivity (Wildman–Crippen MR) is 112 cm³/mol. The third kappa shape index (κ3) is 3.81. The first-order valence-electron chi connectivity index (χ1n) is 8.89. The van der Waals surface area contributed by atoms with Crippen LogP contribution >= 0.6 is 0 Å². The second-order valence-corrected chi connectivity index (χ2v) is 8.62. The molecule has 0 saturated heterocycles. The summed E-state index contributed by atoms with van der Waals surface area (Å²) in [5.41, 5.74) is 0.755. The van der Waals surface area contributed by atoms with Crippen LogP contribution in [0, 0.1) is 0 Å². The zero-order valence-electron chi connectivity index (χ0n) is 16.1. The second-order valence-electron chi connectivity index (χ2n) is 6.48. The molecule has 0 aliphatic carbocycles. The molecule has 0 aliphatic rings. The van der Waals surface area contributed by atoms with Gasteiger partial charge in [-0.3, -0.25) is 0 Å². The van der Waals surface area contributed by atoms with E-state index in [0.717, 1.165) is 0 Å². The van der Waals surface area contributed by atoms with E-state index in [9.17, 15) is 23.4 Å². The van der Waals surface area contributed by atoms with E-state index < -0.39 is 26.8 Å². The fourth-order valence-electron chi connectivity index (χ4n) is 3.42. The van der Waals surface area contributed by atoms with Crippen LogP contribution in [-0.2, 0) is 9.84 Å². The molecule has 0 fully saturated rings. The predicted octanol–water partition coefficient (Wildman–Crippen LogP) is 4.05. The number of aromatic carboxylic acids is 1. The van der Waals surface area contributed by atoms with Gasteiger partial charge in [0, 0.05) is 16.7 Å². The Labute approximate surface area is 173 Å². The molecule has 2 aromatic carbocycles. The summed E-state index contributed by atoms with van der Waals surface area (Å²) >= 11 is 0. The molecule has 2 N–H and O–H groups in total. The number of hydrogen-bond donors (Lipinski definition) is 2. The summed E-state index contributed by atoms with van der Waals surface area (Å²) in [6.07, 6.45) is 4.08. The van der Waals surface area contributed by atoms with Crippen molar-refractivity contribution in [2.75, 3.05) is 12.9 Å². The normalized spacial score (nSPS) is 12.3. The minimum Gasteiger partial charge on any atom is -0.508 e. The number of phenolic OH excluding ortho intramolecular Hbond substituents is 1. The van der Waals surface area contributed by atoms with Crippen molar-refractivity contribution >= 4 is 15.8 Å². The Hall–Kier alpha value is -3.52. The summed E-state index contributed by atoms with van der Waals surface area (Å²) in [5, 5.41) is 18.9. The van der Waals surface area contributed by atoms with Crippen LogP contribution in [0.15, 0.2) is 72.1 Å². The van der Waals surface area contributed by atoms with Crippen molar-refractivity contribution in [2.24, 2.45) is 0 Å². The number of carboxylic acid groups (broad SMARTS) is 1. The third-order valence-corrected chi connectivity index (χ3v) is 6.58. The fraction of sp³-hybridized carbons (Fsp3) is 0.136. The highest BCUT2D eigenvalue weighted by Gasteiger charge is 2.35. The average Bonchev–Trinajstić information content (AvgIpc) is 3.23. The smallest absolute Gasteiger partial charge is 0.339 e. The minimum atomic E-state index is -3.96. The first-order valence-corrected chi connectivity index (χ1v) is 10.6. The van der Waals surface area contributed by atoms with E-state index in [4.69, 9.17) is 9.15 Å². The Kier molecular flexibility index (Phi) is 5.98. The number of benzene rings is 2. The van der Waals surface area contributed by atoms with Crippen LogP contribution in [0.4, 0.5) is 0 Å². The molecule has 1 heterocycles. The van der Waals surface area contributed by atoms with E-state index in [1.165, 1.54) is 43.9 Å². The Bertz CT molecular complexity index is 1180. The van der Waals surface area contributed by atoms with Crippen LogP contribution in [0.3, 0.4) is 0 Å². The van der Waals surface area contributed by atoms with Crippen molar-refractivity contribution in [1.82, 2.24) is 0 Å². The zero-order valence-corrected chi connectivity index (χ0v) is 16.9. The van der Waals surface area contributed by atoms with Gasteiger partial charge in [-0.05, 0) is 17.7 Å². The van der Waals surface area contributed by atoms with Crippen LogP contribution < -0.4 is 4.74 Å². The van der Waals surface area contributed by atoms with Gasteiger partial charge in [0.15, 0.2) is 9.84 Å². The van der Waals surface area contributed by atoms with Gasteiger partial charge in [0.2, 0.25) is 0 Å². The molecular formula is C22H20O7S. The number of methoxy groups -OCH3 is 1. The molecule has 0 saturated carbocycles. The van der Waals surface area contributed by atoms with Crippen molar-refractivity contribution in [2.45, 2.75) is 5.25 Å². The summed E-state index contributed by atoms with van der Waals surface area (Å²) < 4.78 is 36.7. The van der Waals surface area contributed by atoms with Gasteiger partial charge in [-0.1, -0.05) is 36.4 Å². The highest BCUT2D eigenvalue weighted by Crippen LogP contribution is 2.43. The lowest BCUT2D eigenvalue weighted by atomic mass is 9.93. The Morgan fingerprint density at radius 3 is 2.50 bits per heavy atom. The topological polar surface area (TPSA) is 114 Å². The van der Waals surface area contributed by atoms with E-state index in [2.05, 4.69) is 6.58 Å². The number of carbonyl (C=O) groups is 1. The second kappa shape index (κ2) is 8.46. The van der Waals surface area contributed by atoms with Gasteiger partial charge in [0.1, 0.15) is 22.3 Å². The van der Waals surface area contributed by atoms with E-state index >= 15 is 0 Å². The Balaban J connectivity index is 2.38. The van der Waals surface area contributed by atoms with Crippen molar-refractivity contribution in [3.05, 3.63) is 84.3 Å². The first kappa shape index (κ1) is 21.2. The van der Waals surface area contributed by atoms with Gasteiger partial charge >= 0.3 is 5.97 Å². The quantitative estimate of drug-likeness (QED) is 0.520. The van der Waals surface area contributed by atoms with E-state index in [0.29, 0.717) is 11.1 Å². The zero-order chi connectivity index (χ0) is 21.9. The Morgan fingerprint density at radius 1 is 1.20 bits per heavy atom. The fourth-order valence-corrected chi connectivity index (χ4v) is 5.11. The number of rotatable bonds is 8. The number of para-hydroxylation sites is 1. The number of phenols is 1. The average molecular weight is 428 g/mol. The number of sulfone groups is 1. The maximum absolute atomic E-state index is 13.1. The van der Waals surface area contributed by atoms with E-state index in [1.54, 1.807) is 24.3 Å². The maximum Gasteiger partial charge on any atom is 0.339 e. The van der Waals surface area contributed by atoms with Crippen molar-refractivity contribution in [1.29, 1.82) is 0 Å². The van der Waals surface area contributed by atoms with Gasteiger partial charge in [-0.25, -0.2) is 13.2 Å². The van der Waals surface area contributed by atoms with Crippen molar-refractivity contribution < 1.29 is 32.6 Å². The molecular weight excluding hydrogens is 408 g/mol. The highest BCUT2D eigenvalue weighted by molar-refractivity contribution is 7.92.